The van der Waals surface area contributed by atoms with E-state index in [1.807, 2.05) is 0 Å². The zero-order valence-corrected chi connectivity index (χ0v) is 9.86. The fourth-order valence-electron chi connectivity index (χ4n) is 1.29. The van der Waals surface area contributed by atoms with Gasteiger partial charge >= 0.3 is 12.0 Å². The first-order chi connectivity index (χ1) is 9.04. The van der Waals surface area contributed by atoms with Gasteiger partial charge < -0.3 is 10.4 Å². The van der Waals surface area contributed by atoms with Gasteiger partial charge in [-0.3, -0.25) is 5.32 Å². The average Bonchev–Trinajstić information content (AvgIpc) is 2.75. The highest BCUT2D eigenvalue weighted by Crippen LogP contribution is 2.09. The number of carbonyl (C=O) groups is 2. The molecule has 0 spiro atoms. The molecule has 1 aromatic heterocycles. The summed E-state index contributed by atoms with van der Waals surface area (Å²) in [4.78, 5) is 23.4. The largest absolute Gasteiger partial charge is 0.478 e. The van der Waals surface area contributed by atoms with Gasteiger partial charge in [-0.25, -0.2) is 9.59 Å². The smallest absolute Gasteiger partial charge is 0.335 e. The molecule has 3 N–H and O–H groups in total. The van der Waals surface area contributed by atoms with Crippen LogP contribution in [0.25, 0.3) is 0 Å². The van der Waals surface area contributed by atoms with E-state index >= 15 is 0 Å². The number of benzene rings is 1. The summed E-state index contributed by atoms with van der Waals surface area (Å²) >= 11 is 0. The lowest BCUT2D eigenvalue weighted by Gasteiger charge is -2.04. The Kier molecular flexibility index (Phi) is 3.37. The number of hydrogen-bond acceptors (Lipinski definition) is 5. The van der Waals surface area contributed by atoms with Crippen molar-refractivity contribution in [1.29, 1.82) is 0 Å². The highest BCUT2D eigenvalue weighted by molar-refractivity contribution is 5.98. The topological polar surface area (TPSA) is 122 Å². The fourth-order valence-corrected chi connectivity index (χ4v) is 1.29. The molecule has 1 heterocycles. The molecule has 9 nitrogen and oxygen atoms in total. The molecule has 0 saturated carbocycles. The molecular weight excluding hydrogens is 252 g/mol. The van der Waals surface area contributed by atoms with Crippen LogP contribution in [0.15, 0.2) is 24.3 Å². The Morgan fingerprint density at radius 1 is 1.21 bits per heavy atom. The molecule has 2 aromatic rings. The van der Waals surface area contributed by atoms with Crippen LogP contribution in [0.5, 0.6) is 0 Å². The molecule has 9 heteroatoms. The van der Waals surface area contributed by atoms with Gasteiger partial charge in [0.25, 0.3) is 5.95 Å². The highest BCUT2D eigenvalue weighted by Gasteiger charge is 2.07. The van der Waals surface area contributed by atoms with Crippen molar-refractivity contribution < 1.29 is 14.7 Å². The van der Waals surface area contributed by atoms with Crippen LogP contribution in [0.3, 0.4) is 0 Å². The minimum atomic E-state index is -1.03. The van der Waals surface area contributed by atoms with E-state index in [0.717, 1.165) is 0 Å². The minimum Gasteiger partial charge on any atom is -0.478 e. The van der Waals surface area contributed by atoms with Crippen molar-refractivity contribution in [3.8, 4) is 0 Å². The van der Waals surface area contributed by atoms with E-state index in [4.69, 9.17) is 5.11 Å². The Bertz CT molecular complexity index is 606. The van der Waals surface area contributed by atoms with Gasteiger partial charge in [-0.15, -0.1) is 5.10 Å². The third-order valence-corrected chi connectivity index (χ3v) is 2.12. The first-order valence-electron chi connectivity index (χ1n) is 5.20. The van der Waals surface area contributed by atoms with E-state index in [2.05, 4.69) is 26.0 Å². The predicted octanol–water partition coefficient (Wildman–Crippen LogP) is 0.552. The van der Waals surface area contributed by atoms with Crippen molar-refractivity contribution in [2.45, 2.75) is 0 Å². The second-order valence-electron chi connectivity index (χ2n) is 3.56. The third kappa shape index (κ3) is 3.25. The predicted molar refractivity (Wildman–Crippen MR) is 64.8 cm³/mol. The summed E-state index contributed by atoms with van der Waals surface area (Å²) in [5, 5.41) is 24.5. The van der Waals surface area contributed by atoms with E-state index < -0.39 is 12.0 Å². The molecule has 2 rings (SSSR count). The number of aromatic carboxylic acids is 1. The van der Waals surface area contributed by atoms with Crippen molar-refractivity contribution in [2.75, 3.05) is 10.6 Å². The van der Waals surface area contributed by atoms with E-state index in [9.17, 15) is 9.59 Å². The summed E-state index contributed by atoms with van der Waals surface area (Å²) in [6, 6.07) is 5.19. The zero-order valence-electron chi connectivity index (χ0n) is 9.86. The fraction of sp³-hybridized carbons (Fsp3) is 0.100. The lowest BCUT2D eigenvalue weighted by atomic mass is 10.2. The lowest BCUT2D eigenvalue weighted by Crippen LogP contribution is -2.20. The molecule has 0 bridgehead atoms. The number of carboxylic acid groups (broad SMARTS) is 1. The second kappa shape index (κ2) is 5.12. The SMILES string of the molecule is Cn1nnc(NC(=O)Nc2ccc(C(=O)O)cc2)n1. The van der Waals surface area contributed by atoms with Crippen LogP contribution in [0.2, 0.25) is 0 Å². The van der Waals surface area contributed by atoms with E-state index in [1.54, 1.807) is 7.05 Å². The molecule has 0 saturated heterocycles. The summed E-state index contributed by atoms with van der Waals surface area (Å²) in [7, 11) is 1.57. The quantitative estimate of drug-likeness (QED) is 0.742. The summed E-state index contributed by atoms with van der Waals surface area (Å²) < 4.78 is 0. The first-order valence-corrected chi connectivity index (χ1v) is 5.20. The highest BCUT2D eigenvalue weighted by atomic mass is 16.4. The number of aryl methyl sites for hydroxylation is 1. The summed E-state index contributed by atoms with van der Waals surface area (Å²) in [6.07, 6.45) is 0. The Labute approximate surface area is 107 Å². The Balaban J connectivity index is 1.97. The van der Waals surface area contributed by atoms with Crippen molar-refractivity contribution in [3.05, 3.63) is 29.8 Å². The molecule has 1 aromatic carbocycles. The maximum absolute atomic E-state index is 11.6. The molecule has 0 unspecified atom stereocenters. The van der Waals surface area contributed by atoms with Gasteiger partial charge in [0, 0.05) is 5.69 Å². The molecular formula is C10H10N6O3. The van der Waals surface area contributed by atoms with Gasteiger partial charge in [-0.2, -0.15) is 4.80 Å². The van der Waals surface area contributed by atoms with Crippen LogP contribution in [-0.4, -0.2) is 37.3 Å². The van der Waals surface area contributed by atoms with Crippen molar-refractivity contribution in [2.24, 2.45) is 7.05 Å². The molecule has 0 aliphatic rings. The number of carboxylic acids is 1. The van der Waals surface area contributed by atoms with Crippen molar-refractivity contribution in [3.63, 3.8) is 0 Å². The Morgan fingerprint density at radius 3 is 2.42 bits per heavy atom. The monoisotopic (exact) mass is 262 g/mol. The van der Waals surface area contributed by atoms with Crippen LogP contribution in [-0.2, 0) is 7.05 Å². The van der Waals surface area contributed by atoms with Gasteiger partial charge in [-0.1, -0.05) is 5.10 Å². The zero-order chi connectivity index (χ0) is 13.8. The van der Waals surface area contributed by atoms with Gasteiger partial charge in [0.15, 0.2) is 0 Å². The number of aromatic nitrogens is 4. The third-order valence-electron chi connectivity index (χ3n) is 2.12. The number of amides is 2. The van der Waals surface area contributed by atoms with Crippen LogP contribution in [0.1, 0.15) is 10.4 Å². The number of rotatable bonds is 3. The second-order valence-corrected chi connectivity index (χ2v) is 3.56. The molecule has 0 aliphatic heterocycles. The molecule has 0 fully saturated rings. The van der Waals surface area contributed by atoms with Gasteiger partial charge in [0.05, 0.1) is 12.6 Å². The van der Waals surface area contributed by atoms with Gasteiger partial charge in [-0.05, 0) is 29.5 Å². The Morgan fingerprint density at radius 2 is 1.89 bits per heavy atom. The molecule has 19 heavy (non-hydrogen) atoms. The molecule has 98 valence electrons. The van der Waals surface area contributed by atoms with Crippen molar-refractivity contribution >= 4 is 23.6 Å². The normalized spacial score (nSPS) is 9.95. The number of nitrogens with zero attached hydrogens (tertiary/aromatic N) is 4. The standard InChI is InChI=1S/C10H10N6O3/c1-16-14-9(13-15-16)12-10(19)11-7-4-2-6(3-5-7)8(17)18/h2-5H,1H3,(H,17,18)(H2,11,12,14,19). The first kappa shape index (κ1) is 12.5. The van der Waals surface area contributed by atoms with Crippen LogP contribution >= 0.6 is 0 Å². The number of hydrogen-bond donors (Lipinski definition) is 3. The van der Waals surface area contributed by atoms with Crippen LogP contribution < -0.4 is 10.6 Å². The van der Waals surface area contributed by atoms with Crippen LogP contribution in [0, 0.1) is 0 Å². The van der Waals surface area contributed by atoms with E-state index in [0.29, 0.717) is 5.69 Å². The number of nitrogens with one attached hydrogen (secondary N) is 2. The van der Waals surface area contributed by atoms with E-state index in [-0.39, 0.29) is 11.5 Å². The minimum absolute atomic E-state index is 0.0714. The van der Waals surface area contributed by atoms with Gasteiger partial charge in [0.2, 0.25) is 0 Å². The molecule has 0 aliphatic carbocycles. The summed E-state index contributed by atoms with van der Waals surface area (Å²) in [6.45, 7) is 0. The van der Waals surface area contributed by atoms with Crippen LogP contribution in [0.4, 0.5) is 16.4 Å². The lowest BCUT2D eigenvalue weighted by molar-refractivity contribution is 0.0697. The number of anilines is 2. The maximum atomic E-state index is 11.6. The Hall–Kier alpha value is -2.97. The van der Waals surface area contributed by atoms with Crippen molar-refractivity contribution in [1.82, 2.24) is 20.2 Å². The summed E-state index contributed by atoms with van der Waals surface area (Å²) in [5.74, 6) is -0.957. The number of urea groups is 1. The molecule has 0 atom stereocenters. The average molecular weight is 262 g/mol. The number of tetrazole rings is 1. The molecule has 0 radical (unpaired) electrons. The summed E-state index contributed by atoms with van der Waals surface area (Å²) in [5.41, 5.74) is 0.591. The van der Waals surface area contributed by atoms with E-state index in [1.165, 1.54) is 29.1 Å². The van der Waals surface area contributed by atoms with Gasteiger partial charge in [0.1, 0.15) is 0 Å². The molecule has 2 amide bonds. The number of carbonyl (C=O) groups excluding carboxylic acids is 1. The maximum Gasteiger partial charge on any atom is 0.335 e.